The van der Waals surface area contributed by atoms with Crippen LogP contribution in [-0.2, 0) is 0 Å². The van der Waals surface area contributed by atoms with Crippen LogP contribution < -0.4 is 5.32 Å². The molecule has 1 aromatic carbocycles. The lowest BCUT2D eigenvalue weighted by Gasteiger charge is -2.15. The molecule has 5 nitrogen and oxygen atoms in total. The number of carbonyl (C=O) groups excluding carboxylic acids is 1. The number of rotatable bonds is 4. The van der Waals surface area contributed by atoms with Gasteiger partial charge in [-0.15, -0.1) is 0 Å². The Kier molecular flexibility index (Phi) is 4.68. The number of nitrogens with zero attached hydrogens (tertiary/aromatic N) is 2. The summed E-state index contributed by atoms with van der Waals surface area (Å²) in [6, 6.07) is 7.38. The number of hydrogen-bond acceptors (Lipinski definition) is 3. The lowest BCUT2D eigenvalue weighted by atomic mass is 10.1. The summed E-state index contributed by atoms with van der Waals surface area (Å²) in [7, 11) is 0. The summed E-state index contributed by atoms with van der Waals surface area (Å²) in [6.07, 6.45) is 4.05. The van der Waals surface area contributed by atoms with Crippen LogP contribution in [0, 0.1) is 12.8 Å². The smallest absolute Gasteiger partial charge is 0.254 e. The summed E-state index contributed by atoms with van der Waals surface area (Å²) < 4.78 is 1.67. The van der Waals surface area contributed by atoms with Crippen LogP contribution in [0.2, 0.25) is 5.02 Å². The molecule has 23 heavy (non-hydrogen) atoms. The van der Waals surface area contributed by atoms with Crippen molar-refractivity contribution in [1.29, 1.82) is 0 Å². The molecule has 0 radical (unpaired) electrons. The average Bonchev–Trinajstić information content (AvgIpc) is 3.11. The zero-order chi connectivity index (χ0) is 16.4. The molecular weight excluding hydrogens is 314 g/mol. The van der Waals surface area contributed by atoms with Gasteiger partial charge in [-0.1, -0.05) is 30.2 Å². The van der Waals surface area contributed by atoms with Crippen molar-refractivity contribution < 1.29 is 9.90 Å². The van der Waals surface area contributed by atoms with E-state index >= 15 is 0 Å². The van der Waals surface area contributed by atoms with Crippen LogP contribution in [-0.4, -0.2) is 33.4 Å². The zero-order valence-corrected chi connectivity index (χ0v) is 13.8. The van der Waals surface area contributed by atoms with E-state index in [0.29, 0.717) is 17.1 Å². The molecule has 0 saturated heterocycles. The number of aromatic nitrogens is 2. The van der Waals surface area contributed by atoms with Crippen molar-refractivity contribution in [2.45, 2.75) is 32.3 Å². The quantitative estimate of drug-likeness (QED) is 0.904. The van der Waals surface area contributed by atoms with E-state index in [1.54, 1.807) is 16.9 Å². The molecule has 2 aromatic rings. The van der Waals surface area contributed by atoms with E-state index in [9.17, 15) is 9.90 Å². The van der Waals surface area contributed by atoms with E-state index in [4.69, 9.17) is 11.6 Å². The van der Waals surface area contributed by atoms with Crippen LogP contribution in [0.15, 0.2) is 30.5 Å². The molecule has 0 bridgehead atoms. The largest absolute Gasteiger partial charge is 0.393 e. The number of nitrogens with one attached hydrogen (secondary N) is 1. The molecule has 122 valence electrons. The molecule has 1 fully saturated rings. The Bertz CT molecular complexity index is 714. The summed E-state index contributed by atoms with van der Waals surface area (Å²) in [5.41, 5.74) is 2.01. The fourth-order valence-corrected chi connectivity index (χ4v) is 3.29. The maximum atomic E-state index is 12.4. The van der Waals surface area contributed by atoms with Crippen LogP contribution in [0.1, 0.15) is 35.3 Å². The van der Waals surface area contributed by atoms with Gasteiger partial charge in [-0.3, -0.25) is 4.79 Å². The Morgan fingerprint density at radius 2 is 2.22 bits per heavy atom. The van der Waals surface area contributed by atoms with Gasteiger partial charge in [0, 0.05) is 12.5 Å². The van der Waals surface area contributed by atoms with Gasteiger partial charge in [-0.2, -0.15) is 5.10 Å². The van der Waals surface area contributed by atoms with E-state index in [1.807, 2.05) is 25.1 Å². The van der Waals surface area contributed by atoms with Crippen molar-refractivity contribution in [3.63, 3.8) is 0 Å². The molecule has 1 saturated carbocycles. The first-order valence-electron chi connectivity index (χ1n) is 7.83. The lowest BCUT2D eigenvalue weighted by Crippen LogP contribution is -2.32. The van der Waals surface area contributed by atoms with Crippen LogP contribution in [0.25, 0.3) is 5.69 Å². The van der Waals surface area contributed by atoms with Crippen LogP contribution >= 0.6 is 11.6 Å². The summed E-state index contributed by atoms with van der Waals surface area (Å²) >= 11 is 6.19. The highest BCUT2D eigenvalue weighted by Crippen LogP contribution is 2.25. The Hall–Kier alpha value is -1.85. The first kappa shape index (κ1) is 16.0. The van der Waals surface area contributed by atoms with E-state index in [2.05, 4.69) is 10.4 Å². The molecule has 1 aliphatic carbocycles. The minimum Gasteiger partial charge on any atom is -0.393 e. The molecule has 2 unspecified atom stereocenters. The van der Waals surface area contributed by atoms with E-state index in [-0.39, 0.29) is 17.9 Å². The third-order valence-electron chi connectivity index (χ3n) is 4.48. The van der Waals surface area contributed by atoms with Gasteiger partial charge < -0.3 is 10.4 Å². The lowest BCUT2D eigenvalue weighted by molar-refractivity contribution is 0.0916. The Morgan fingerprint density at radius 3 is 2.91 bits per heavy atom. The number of hydrogen-bond donors (Lipinski definition) is 2. The topological polar surface area (TPSA) is 67.2 Å². The van der Waals surface area contributed by atoms with E-state index < -0.39 is 0 Å². The molecular formula is C17H20ClN3O2. The van der Waals surface area contributed by atoms with Gasteiger partial charge in [0.1, 0.15) is 0 Å². The SMILES string of the molecule is Cc1c(C(=O)NCC2CCCC2O)cnn1-c1ccccc1Cl. The molecule has 6 heteroatoms. The van der Waals surface area contributed by atoms with Gasteiger partial charge in [0.2, 0.25) is 0 Å². The highest BCUT2D eigenvalue weighted by molar-refractivity contribution is 6.32. The molecule has 1 aromatic heterocycles. The minimum absolute atomic E-state index is 0.151. The van der Waals surface area contributed by atoms with E-state index in [0.717, 1.165) is 30.6 Å². The molecule has 1 amide bonds. The number of aliphatic hydroxyl groups is 1. The van der Waals surface area contributed by atoms with Gasteiger partial charge in [-0.25, -0.2) is 4.68 Å². The van der Waals surface area contributed by atoms with Gasteiger partial charge in [-0.05, 0) is 31.9 Å². The summed E-state index contributed by atoms with van der Waals surface area (Å²) in [6.45, 7) is 2.34. The first-order valence-corrected chi connectivity index (χ1v) is 8.21. The van der Waals surface area contributed by atoms with Crippen molar-refractivity contribution in [3.05, 3.63) is 46.7 Å². The molecule has 1 aliphatic rings. The molecule has 0 spiro atoms. The number of para-hydroxylation sites is 1. The summed E-state index contributed by atoms with van der Waals surface area (Å²) in [5.74, 6) is -0.0160. The normalized spacial score (nSPS) is 20.7. The summed E-state index contributed by atoms with van der Waals surface area (Å²) in [4.78, 5) is 12.4. The third-order valence-corrected chi connectivity index (χ3v) is 4.80. The van der Waals surface area contributed by atoms with Crippen LogP contribution in [0.3, 0.4) is 0 Å². The second-order valence-electron chi connectivity index (χ2n) is 5.98. The highest BCUT2D eigenvalue weighted by atomic mass is 35.5. The zero-order valence-electron chi connectivity index (χ0n) is 13.0. The predicted octanol–water partition coefficient (Wildman–Crippen LogP) is 2.72. The van der Waals surface area contributed by atoms with Gasteiger partial charge >= 0.3 is 0 Å². The maximum absolute atomic E-state index is 12.4. The first-order chi connectivity index (χ1) is 11.1. The van der Waals surface area contributed by atoms with E-state index in [1.165, 1.54) is 0 Å². The van der Waals surface area contributed by atoms with Crippen molar-refractivity contribution in [2.24, 2.45) is 5.92 Å². The maximum Gasteiger partial charge on any atom is 0.254 e. The number of carbonyl (C=O) groups is 1. The Balaban J connectivity index is 1.74. The minimum atomic E-state index is -0.303. The Labute approximate surface area is 140 Å². The number of halogens is 1. The number of benzene rings is 1. The monoisotopic (exact) mass is 333 g/mol. The molecule has 2 N–H and O–H groups in total. The fourth-order valence-electron chi connectivity index (χ4n) is 3.07. The standard InChI is InChI=1S/C17H20ClN3O2/c1-11-13(17(23)19-9-12-5-4-8-16(12)22)10-20-21(11)15-7-3-2-6-14(15)18/h2-3,6-7,10,12,16,22H,4-5,8-9H2,1H3,(H,19,23). The van der Waals surface area contributed by atoms with Gasteiger partial charge in [0.25, 0.3) is 5.91 Å². The fraction of sp³-hybridized carbons (Fsp3) is 0.412. The molecule has 0 aliphatic heterocycles. The average molecular weight is 334 g/mol. The molecule has 2 atom stereocenters. The van der Waals surface area contributed by atoms with Crippen molar-refractivity contribution in [3.8, 4) is 5.69 Å². The van der Waals surface area contributed by atoms with Crippen LogP contribution in [0.5, 0.6) is 0 Å². The van der Waals surface area contributed by atoms with Crippen molar-refractivity contribution >= 4 is 17.5 Å². The van der Waals surface area contributed by atoms with Crippen molar-refractivity contribution in [1.82, 2.24) is 15.1 Å². The van der Waals surface area contributed by atoms with Crippen LogP contribution in [0.4, 0.5) is 0 Å². The highest BCUT2D eigenvalue weighted by Gasteiger charge is 2.26. The predicted molar refractivity (Wildman–Crippen MR) is 89.0 cm³/mol. The Morgan fingerprint density at radius 1 is 1.43 bits per heavy atom. The number of amides is 1. The molecule has 1 heterocycles. The summed E-state index contributed by atoms with van der Waals surface area (Å²) in [5, 5.41) is 17.6. The second kappa shape index (κ2) is 6.72. The number of aliphatic hydroxyl groups excluding tert-OH is 1. The van der Waals surface area contributed by atoms with Gasteiger partial charge in [0.05, 0.1) is 34.3 Å². The van der Waals surface area contributed by atoms with Crippen molar-refractivity contribution in [2.75, 3.05) is 6.54 Å². The van der Waals surface area contributed by atoms with Gasteiger partial charge in [0.15, 0.2) is 0 Å². The third kappa shape index (κ3) is 3.26. The molecule has 3 rings (SSSR count). The second-order valence-corrected chi connectivity index (χ2v) is 6.38.